The molecule has 0 saturated carbocycles. The molecule has 2 aromatic rings. The van der Waals surface area contributed by atoms with Crippen LogP contribution in [0.15, 0.2) is 22.7 Å². The predicted octanol–water partition coefficient (Wildman–Crippen LogP) is 1.73. The molecule has 0 bridgehead atoms. The number of rotatable bonds is 4. The maximum atomic E-state index is 11.4. The van der Waals surface area contributed by atoms with Gasteiger partial charge in [-0.1, -0.05) is 0 Å². The van der Waals surface area contributed by atoms with Gasteiger partial charge >= 0.3 is 5.88 Å². The van der Waals surface area contributed by atoms with E-state index in [1.807, 2.05) is 13.8 Å². The van der Waals surface area contributed by atoms with Crippen LogP contribution in [0.5, 0.6) is 0 Å². The summed E-state index contributed by atoms with van der Waals surface area (Å²) in [5, 5.41) is 14.7. The van der Waals surface area contributed by atoms with Crippen LogP contribution >= 0.6 is 0 Å². The fraction of sp³-hybridized carbons (Fsp3) is 0.273. The molecule has 100 valence electrons. The molecule has 1 amide bonds. The Hall–Kier alpha value is -2.64. The van der Waals surface area contributed by atoms with Crippen LogP contribution in [0.25, 0.3) is 11.5 Å². The lowest BCUT2D eigenvalue weighted by atomic mass is 10.2. The number of aromatic nitrogens is 2. The number of amides is 1. The molecular weight excluding hydrogens is 252 g/mol. The number of hydrogen-bond acceptors (Lipinski definition) is 5. The molecular formula is C11H12N4O4. The normalized spacial score (nSPS) is 10.9. The van der Waals surface area contributed by atoms with E-state index in [1.165, 1.54) is 18.3 Å². The molecule has 2 heterocycles. The number of nitro groups is 1. The molecule has 8 nitrogen and oxygen atoms in total. The fourth-order valence-electron chi connectivity index (χ4n) is 1.57. The Morgan fingerprint density at radius 2 is 2.21 bits per heavy atom. The van der Waals surface area contributed by atoms with Crippen LogP contribution in [0.2, 0.25) is 0 Å². The number of nitrogens with two attached hydrogens (primary N) is 1. The molecule has 0 aliphatic rings. The minimum Gasteiger partial charge on any atom is -0.399 e. The molecule has 0 fully saturated rings. The molecule has 8 heteroatoms. The van der Waals surface area contributed by atoms with Crippen LogP contribution in [-0.4, -0.2) is 20.6 Å². The third-order valence-corrected chi connectivity index (χ3v) is 2.53. The van der Waals surface area contributed by atoms with E-state index in [0.717, 1.165) is 0 Å². The highest BCUT2D eigenvalue weighted by molar-refractivity contribution is 5.98. The summed E-state index contributed by atoms with van der Waals surface area (Å²) in [5.41, 5.74) is 5.63. The Bertz CT molecular complexity index is 641. The average molecular weight is 264 g/mol. The molecule has 2 aromatic heterocycles. The van der Waals surface area contributed by atoms with Crippen molar-refractivity contribution in [3.8, 4) is 11.5 Å². The van der Waals surface area contributed by atoms with Gasteiger partial charge in [0.05, 0.1) is 11.6 Å². The van der Waals surface area contributed by atoms with Crippen LogP contribution in [0.1, 0.15) is 30.2 Å². The van der Waals surface area contributed by atoms with Crippen molar-refractivity contribution in [2.24, 2.45) is 5.73 Å². The smallest absolute Gasteiger partial charge is 0.399 e. The summed E-state index contributed by atoms with van der Waals surface area (Å²) in [6.07, 6.45) is 1.50. The minimum absolute atomic E-state index is 0.0248. The maximum Gasteiger partial charge on any atom is 0.433 e. The lowest BCUT2D eigenvalue weighted by molar-refractivity contribution is -0.401. The first-order chi connectivity index (χ1) is 8.90. The number of primary amides is 1. The summed E-state index contributed by atoms with van der Waals surface area (Å²) >= 11 is 0. The molecule has 0 spiro atoms. The maximum absolute atomic E-state index is 11.4. The molecule has 19 heavy (non-hydrogen) atoms. The van der Waals surface area contributed by atoms with Gasteiger partial charge in [0.1, 0.15) is 10.6 Å². The third-order valence-electron chi connectivity index (χ3n) is 2.53. The second-order valence-corrected chi connectivity index (χ2v) is 4.22. The van der Waals surface area contributed by atoms with Gasteiger partial charge in [-0.15, -0.1) is 0 Å². The van der Waals surface area contributed by atoms with E-state index in [4.69, 9.17) is 10.2 Å². The van der Waals surface area contributed by atoms with Crippen LogP contribution in [-0.2, 0) is 0 Å². The highest BCUT2D eigenvalue weighted by Crippen LogP contribution is 2.28. The number of furan rings is 1. The first-order valence-electron chi connectivity index (χ1n) is 5.53. The van der Waals surface area contributed by atoms with Gasteiger partial charge in [-0.3, -0.25) is 19.6 Å². The van der Waals surface area contributed by atoms with Crippen molar-refractivity contribution in [3.05, 3.63) is 34.0 Å². The van der Waals surface area contributed by atoms with Gasteiger partial charge in [0.25, 0.3) is 5.91 Å². The topological polar surface area (TPSA) is 117 Å². The Morgan fingerprint density at radius 3 is 2.68 bits per heavy atom. The monoisotopic (exact) mass is 264 g/mol. The van der Waals surface area contributed by atoms with Crippen molar-refractivity contribution in [3.63, 3.8) is 0 Å². The van der Waals surface area contributed by atoms with Gasteiger partial charge in [0, 0.05) is 12.2 Å². The zero-order valence-electron chi connectivity index (χ0n) is 10.4. The molecule has 0 unspecified atom stereocenters. The quantitative estimate of drug-likeness (QED) is 0.666. The van der Waals surface area contributed by atoms with E-state index in [1.54, 1.807) is 4.68 Å². The SMILES string of the molecule is CC(C)n1cc(C(N)=O)c(-c2ccc([N+](=O)[O-])o2)n1. The molecule has 0 saturated heterocycles. The van der Waals surface area contributed by atoms with Gasteiger partial charge in [-0.25, -0.2) is 0 Å². The van der Waals surface area contributed by atoms with Crippen molar-refractivity contribution in [1.29, 1.82) is 0 Å². The number of carbonyl (C=O) groups is 1. The Labute approximate surface area is 108 Å². The minimum atomic E-state index is -0.666. The van der Waals surface area contributed by atoms with Gasteiger partial charge in [0.2, 0.25) is 0 Å². The fourth-order valence-corrected chi connectivity index (χ4v) is 1.57. The third kappa shape index (κ3) is 2.32. The molecule has 0 radical (unpaired) electrons. The highest BCUT2D eigenvalue weighted by atomic mass is 16.6. The van der Waals surface area contributed by atoms with Crippen LogP contribution in [0.3, 0.4) is 0 Å². The van der Waals surface area contributed by atoms with E-state index in [0.29, 0.717) is 0 Å². The van der Waals surface area contributed by atoms with E-state index < -0.39 is 16.7 Å². The Morgan fingerprint density at radius 1 is 1.53 bits per heavy atom. The van der Waals surface area contributed by atoms with Crippen LogP contribution in [0.4, 0.5) is 5.88 Å². The van der Waals surface area contributed by atoms with E-state index in [2.05, 4.69) is 5.10 Å². The predicted molar refractivity (Wildman–Crippen MR) is 65.5 cm³/mol. The van der Waals surface area contributed by atoms with E-state index >= 15 is 0 Å². The molecule has 2 N–H and O–H groups in total. The number of hydrogen-bond donors (Lipinski definition) is 1. The van der Waals surface area contributed by atoms with Gasteiger partial charge < -0.3 is 10.2 Å². The van der Waals surface area contributed by atoms with Gasteiger partial charge in [-0.2, -0.15) is 5.10 Å². The molecule has 0 aliphatic carbocycles. The van der Waals surface area contributed by atoms with E-state index in [9.17, 15) is 14.9 Å². The second-order valence-electron chi connectivity index (χ2n) is 4.22. The summed E-state index contributed by atoms with van der Waals surface area (Å²) in [6, 6.07) is 2.61. The van der Waals surface area contributed by atoms with Gasteiger partial charge in [-0.05, 0) is 19.9 Å². The molecule has 2 rings (SSSR count). The zero-order chi connectivity index (χ0) is 14.2. The molecule has 0 aromatic carbocycles. The van der Waals surface area contributed by atoms with Crippen molar-refractivity contribution in [2.75, 3.05) is 0 Å². The van der Waals surface area contributed by atoms with Crippen molar-refractivity contribution in [2.45, 2.75) is 19.9 Å². The van der Waals surface area contributed by atoms with Crippen LogP contribution < -0.4 is 5.73 Å². The standard InChI is InChI=1S/C11H12N4O4/c1-6(2)14-5-7(11(12)16)10(13-14)8-3-4-9(19-8)15(17)18/h3-6H,1-2H3,(H2,12,16). The zero-order valence-corrected chi connectivity index (χ0v) is 10.4. The van der Waals surface area contributed by atoms with Crippen LogP contribution in [0, 0.1) is 10.1 Å². The molecule has 0 aliphatic heterocycles. The average Bonchev–Trinajstić information content (AvgIpc) is 2.95. The Kier molecular flexibility index (Phi) is 3.07. The summed E-state index contributed by atoms with van der Waals surface area (Å²) in [7, 11) is 0. The van der Waals surface area contributed by atoms with Gasteiger partial charge in [0.15, 0.2) is 5.76 Å². The lowest BCUT2D eigenvalue weighted by Gasteiger charge is -2.02. The van der Waals surface area contributed by atoms with Crippen molar-refractivity contribution < 1.29 is 14.1 Å². The molecule has 0 atom stereocenters. The van der Waals surface area contributed by atoms with Crippen molar-refractivity contribution in [1.82, 2.24) is 9.78 Å². The number of carbonyl (C=O) groups excluding carboxylic acids is 1. The summed E-state index contributed by atoms with van der Waals surface area (Å²) in [4.78, 5) is 21.3. The first-order valence-corrected chi connectivity index (χ1v) is 5.53. The first kappa shape index (κ1) is 12.8. The summed E-state index contributed by atoms with van der Waals surface area (Å²) in [5.74, 6) is -0.939. The second kappa shape index (κ2) is 4.56. The largest absolute Gasteiger partial charge is 0.433 e. The highest BCUT2D eigenvalue weighted by Gasteiger charge is 2.21. The Balaban J connectivity index is 2.53. The van der Waals surface area contributed by atoms with Crippen molar-refractivity contribution >= 4 is 11.8 Å². The number of nitrogens with zero attached hydrogens (tertiary/aromatic N) is 3. The summed E-state index contributed by atoms with van der Waals surface area (Å²) < 4.78 is 6.58. The van der Waals surface area contributed by atoms with E-state index in [-0.39, 0.29) is 23.1 Å². The summed E-state index contributed by atoms with van der Waals surface area (Å²) in [6.45, 7) is 3.76. The lowest BCUT2D eigenvalue weighted by Crippen LogP contribution is -2.11.